The summed E-state index contributed by atoms with van der Waals surface area (Å²) in [6.45, 7) is 0.432. The van der Waals surface area contributed by atoms with Crippen molar-refractivity contribution in [2.45, 2.75) is 12.6 Å². The predicted molar refractivity (Wildman–Crippen MR) is 87.9 cm³/mol. The zero-order valence-corrected chi connectivity index (χ0v) is 13.0. The average Bonchev–Trinajstić information content (AvgIpc) is 2.61. The van der Waals surface area contributed by atoms with Crippen LogP contribution in [0.1, 0.15) is 16.7 Å². The molecule has 0 aliphatic carbocycles. The quantitative estimate of drug-likeness (QED) is 0.773. The molecule has 0 saturated heterocycles. The molecule has 7 heteroatoms. The largest absolute Gasteiger partial charge is 0.416 e. The normalized spacial score (nSPS) is 11.3. The molecule has 3 rings (SSSR count). The van der Waals surface area contributed by atoms with Gasteiger partial charge in [0.2, 0.25) is 0 Å². The molecule has 0 bridgehead atoms. The Kier molecular flexibility index (Phi) is 4.52. The molecule has 0 saturated carbocycles. The van der Waals surface area contributed by atoms with E-state index < -0.39 is 11.7 Å². The number of benzene rings is 2. The lowest BCUT2D eigenvalue weighted by Crippen LogP contribution is -2.10. The van der Waals surface area contributed by atoms with Crippen molar-refractivity contribution in [3.05, 3.63) is 65.5 Å². The van der Waals surface area contributed by atoms with E-state index in [0.717, 1.165) is 23.0 Å². The first kappa shape index (κ1) is 16.7. The molecule has 1 N–H and O–H groups in total. The van der Waals surface area contributed by atoms with Gasteiger partial charge in [0.25, 0.3) is 0 Å². The molecule has 1 heterocycles. The van der Waals surface area contributed by atoms with Crippen molar-refractivity contribution in [2.75, 3.05) is 11.9 Å². The van der Waals surface area contributed by atoms with Gasteiger partial charge in [0.05, 0.1) is 22.7 Å². The molecule has 0 unspecified atom stereocenters. The number of anilines is 1. The summed E-state index contributed by atoms with van der Waals surface area (Å²) in [5.74, 6) is 0.649. The number of halogens is 3. The van der Waals surface area contributed by atoms with Crippen LogP contribution in [0, 0.1) is 11.3 Å². The van der Waals surface area contributed by atoms with Crippen LogP contribution in [0.15, 0.2) is 48.8 Å². The van der Waals surface area contributed by atoms with Gasteiger partial charge in [-0.2, -0.15) is 18.4 Å². The van der Waals surface area contributed by atoms with Crippen molar-refractivity contribution in [1.82, 2.24) is 9.97 Å². The van der Waals surface area contributed by atoms with Gasteiger partial charge in [-0.15, -0.1) is 0 Å². The van der Waals surface area contributed by atoms with Crippen molar-refractivity contribution >= 4 is 16.7 Å². The van der Waals surface area contributed by atoms with Crippen LogP contribution >= 0.6 is 0 Å². The fourth-order valence-electron chi connectivity index (χ4n) is 2.54. The summed E-state index contributed by atoms with van der Waals surface area (Å²) in [4.78, 5) is 8.36. The summed E-state index contributed by atoms with van der Waals surface area (Å²) in [5.41, 5.74) is 0.570. The lowest BCUT2D eigenvalue weighted by molar-refractivity contribution is -0.137. The molecule has 0 amide bonds. The van der Waals surface area contributed by atoms with E-state index in [9.17, 15) is 13.2 Å². The molecule has 126 valence electrons. The van der Waals surface area contributed by atoms with Crippen LogP contribution in [0.4, 0.5) is 19.0 Å². The minimum absolute atomic E-state index is 0.0316. The number of nitrogens with one attached hydrogen (secondary N) is 1. The third kappa shape index (κ3) is 3.69. The van der Waals surface area contributed by atoms with Gasteiger partial charge in [0.1, 0.15) is 12.1 Å². The van der Waals surface area contributed by atoms with Crippen molar-refractivity contribution in [1.29, 1.82) is 5.26 Å². The number of alkyl halides is 3. The van der Waals surface area contributed by atoms with Gasteiger partial charge in [-0.3, -0.25) is 0 Å². The Hall–Kier alpha value is -3.14. The molecule has 0 atom stereocenters. The lowest BCUT2D eigenvalue weighted by atomic mass is 10.0. The Morgan fingerprint density at radius 1 is 1.08 bits per heavy atom. The van der Waals surface area contributed by atoms with Crippen LogP contribution in [-0.4, -0.2) is 16.5 Å². The van der Waals surface area contributed by atoms with Gasteiger partial charge in [-0.25, -0.2) is 9.97 Å². The van der Waals surface area contributed by atoms with E-state index in [2.05, 4.69) is 15.3 Å². The van der Waals surface area contributed by atoms with E-state index in [0.29, 0.717) is 24.3 Å². The van der Waals surface area contributed by atoms with E-state index >= 15 is 0 Å². The second kappa shape index (κ2) is 6.77. The Morgan fingerprint density at radius 3 is 2.64 bits per heavy atom. The Labute approximate surface area is 142 Å². The fraction of sp³-hybridized carbons (Fsp3) is 0.167. The molecule has 0 aliphatic rings. The molecule has 4 nitrogen and oxygen atoms in total. The Balaban J connectivity index is 1.75. The maximum atomic E-state index is 12.7. The van der Waals surface area contributed by atoms with Crippen LogP contribution in [0.2, 0.25) is 0 Å². The number of rotatable bonds is 4. The summed E-state index contributed by atoms with van der Waals surface area (Å²) >= 11 is 0. The van der Waals surface area contributed by atoms with Gasteiger partial charge in [0.15, 0.2) is 0 Å². The van der Waals surface area contributed by atoms with E-state index in [-0.39, 0.29) is 5.56 Å². The zero-order valence-electron chi connectivity index (χ0n) is 13.0. The number of hydrogen-bond acceptors (Lipinski definition) is 4. The van der Waals surface area contributed by atoms with Gasteiger partial charge in [-0.05, 0) is 36.2 Å². The molecular formula is C18H13F3N4. The van der Waals surface area contributed by atoms with Crippen LogP contribution in [0.25, 0.3) is 10.9 Å². The first-order valence-electron chi connectivity index (χ1n) is 7.53. The first-order chi connectivity index (χ1) is 12.0. The molecule has 0 aliphatic heterocycles. The number of fused-ring (bicyclic) bond motifs is 1. The number of para-hydroxylation sites is 1. The number of nitriles is 1. The van der Waals surface area contributed by atoms with Crippen molar-refractivity contribution in [3.8, 4) is 6.07 Å². The number of hydrogen-bond donors (Lipinski definition) is 1. The van der Waals surface area contributed by atoms with Crippen molar-refractivity contribution < 1.29 is 13.2 Å². The maximum absolute atomic E-state index is 12.7. The van der Waals surface area contributed by atoms with Gasteiger partial charge >= 0.3 is 6.18 Å². The summed E-state index contributed by atoms with van der Waals surface area (Å²) in [6, 6.07) is 12.6. The summed E-state index contributed by atoms with van der Waals surface area (Å²) in [7, 11) is 0. The Bertz CT molecular complexity index is 940. The second-order valence-corrected chi connectivity index (χ2v) is 5.40. The summed E-state index contributed by atoms with van der Waals surface area (Å²) in [5, 5.41) is 13.1. The van der Waals surface area contributed by atoms with E-state index in [4.69, 9.17) is 5.26 Å². The van der Waals surface area contributed by atoms with Crippen molar-refractivity contribution in [2.24, 2.45) is 0 Å². The minimum atomic E-state index is -4.46. The van der Waals surface area contributed by atoms with E-state index in [1.807, 2.05) is 30.3 Å². The predicted octanol–water partition coefficient (Wildman–Crippen LogP) is 4.17. The second-order valence-electron chi connectivity index (χ2n) is 5.40. The highest BCUT2D eigenvalue weighted by Gasteiger charge is 2.30. The standard InChI is InChI=1S/C18H13F3N4/c19-18(20,21)14-6-5-12(13(9-14)10-22)7-8-23-17-15-3-1-2-4-16(15)24-11-25-17/h1-6,9,11H,7-8H2,(H,23,24,25). The highest BCUT2D eigenvalue weighted by Crippen LogP contribution is 2.30. The molecule has 1 aromatic heterocycles. The van der Waals surface area contributed by atoms with Crippen LogP contribution in [0.5, 0.6) is 0 Å². The van der Waals surface area contributed by atoms with Crippen molar-refractivity contribution in [3.63, 3.8) is 0 Å². The minimum Gasteiger partial charge on any atom is -0.369 e. The van der Waals surface area contributed by atoms with E-state index in [1.54, 1.807) is 0 Å². The molecule has 2 aromatic carbocycles. The molecule has 0 fully saturated rings. The highest BCUT2D eigenvalue weighted by atomic mass is 19.4. The third-order valence-corrected chi connectivity index (χ3v) is 3.79. The molecular weight excluding hydrogens is 329 g/mol. The first-order valence-corrected chi connectivity index (χ1v) is 7.53. The average molecular weight is 342 g/mol. The highest BCUT2D eigenvalue weighted by molar-refractivity contribution is 5.88. The Morgan fingerprint density at radius 2 is 1.88 bits per heavy atom. The number of nitrogens with zero attached hydrogens (tertiary/aromatic N) is 3. The third-order valence-electron chi connectivity index (χ3n) is 3.79. The van der Waals surface area contributed by atoms with E-state index in [1.165, 1.54) is 12.4 Å². The lowest BCUT2D eigenvalue weighted by Gasteiger charge is -2.11. The van der Waals surface area contributed by atoms with Gasteiger partial charge in [0, 0.05) is 11.9 Å². The zero-order chi connectivity index (χ0) is 17.9. The van der Waals surface area contributed by atoms with Crippen LogP contribution in [-0.2, 0) is 12.6 Å². The van der Waals surface area contributed by atoms with Gasteiger partial charge in [-0.1, -0.05) is 18.2 Å². The SMILES string of the molecule is N#Cc1cc(C(F)(F)F)ccc1CCNc1ncnc2ccccc12. The molecule has 3 aromatic rings. The maximum Gasteiger partial charge on any atom is 0.416 e. The van der Waals surface area contributed by atoms with Crippen LogP contribution < -0.4 is 5.32 Å². The topological polar surface area (TPSA) is 61.6 Å². The monoisotopic (exact) mass is 342 g/mol. The number of aromatic nitrogens is 2. The molecule has 0 radical (unpaired) electrons. The smallest absolute Gasteiger partial charge is 0.369 e. The summed E-state index contributed by atoms with van der Waals surface area (Å²) < 4.78 is 38.2. The van der Waals surface area contributed by atoms with Crippen LogP contribution in [0.3, 0.4) is 0 Å². The summed E-state index contributed by atoms with van der Waals surface area (Å²) in [6.07, 6.45) is -2.61. The molecule has 25 heavy (non-hydrogen) atoms. The van der Waals surface area contributed by atoms with Gasteiger partial charge < -0.3 is 5.32 Å². The fourth-order valence-corrected chi connectivity index (χ4v) is 2.54. The molecule has 0 spiro atoms.